The quantitative estimate of drug-likeness (QED) is 0.711. The van der Waals surface area contributed by atoms with Crippen LogP contribution in [-0.4, -0.2) is 10.2 Å². The molecule has 106 valence electrons. The summed E-state index contributed by atoms with van der Waals surface area (Å²) in [6.45, 7) is 0.695. The Hall–Kier alpha value is -1.97. The monoisotopic (exact) mass is 317 g/mol. The summed E-state index contributed by atoms with van der Waals surface area (Å²) in [6.07, 6.45) is 1.74. The van der Waals surface area contributed by atoms with Crippen LogP contribution in [0.4, 0.5) is 5.69 Å². The molecule has 0 aliphatic rings. The third-order valence-electron chi connectivity index (χ3n) is 3.18. The zero-order valence-corrected chi connectivity index (χ0v) is 12.6. The zero-order chi connectivity index (χ0) is 14.7. The molecule has 0 atom stereocenters. The van der Waals surface area contributed by atoms with Crippen LogP contribution in [0.2, 0.25) is 10.0 Å². The van der Waals surface area contributed by atoms with Crippen molar-refractivity contribution in [3.63, 3.8) is 0 Å². The number of halogens is 2. The minimum atomic E-state index is 0.573. The van der Waals surface area contributed by atoms with Crippen LogP contribution < -0.4 is 5.32 Å². The molecule has 3 aromatic rings. The number of rotatable bonds is 4. The van der Waals surface area contributed by atoms with Crippen molar-refractivity contribution >= 4 is 28.9 Å². The van der Waals surface area contributed by atoms with Gasteiger partial charge in [0.15, 0.2) is 0 Å². The molecular formula is C16H13Cl2N3. The van der Waals surface area contributed by atoms with Gasteiger partial charge in [-0.1, -0.05) is 41.4 Å². The van der Waals surface area contributed by atoms with E-state index in [1.165, 1.54) is 0 Å². The van der Waals surface area contributed by atoms with Gasteiger partial charge in [-0.2, -0.15) is 5.10 Å². The van der Waals surface area contributed by atoms with Gasteiger partial charge in [-0.3, -0.25) is 5.10 Å². The van der Waals surface area contributed by atoms with Crippen LogP contribution >= 0.6 is 23.2 Å². The molecule has 0 aliphatic heterocycles. The van der Waals surface area contributed by atoms with Crippen molar-refractivity contribution in [3.8, 4) is 11.3 Å². The number of nitrogens with zero attached hydrogens (tertiary/aromatic N) is 1. The summed E-state index contributed by atoms with van der Waals surface area (Å²) in [4.78, 5) is 0. The number of nitrogens with one attached hydrogen (secondary N) is 2. The normalized spacial score (nSPS) is 10.6. The average Bonchev–Trinajstić information content (AvgIpc) is 3.03. The molecule has 0 saturated carbocycles. The summed E-state index contributed by atoms with van der Waals surface area (Å²) in [5.74, 6) is 0. The summed E-state index contributed by atoms with van der Waals surface area (Å²) in [5.41, 5.74) is 4.24. The van der Waals surface area contributed by atoms with Gasteiger partial charge in [0.05, 0.1) is 15.7 Å². The molecule has 21 heavy (non-hydrogen) atoms. The summed E-state index contributed by atoms with van der Waals surface area (Å²) < 4.78 is 0. The highest BCUT2D eigenvalue weighted by Gasteiger charge is 2.01. The summed E-state index contributed by atoms with van der Waals surface area (Å²) in [5, 5.41) is 11.4. The number of aromatic amines is 1. The molecule has 0 saturated heterocycles. The topological polar surface area (TPSA) is 40.7 Å². The van der Waals surface area contributed by atoms with Crippen molar-refractivity contribution in [1.82, 2.24) is 10.2 Å². The van der Waals surface area contributed by atoms with E-state index < -0.39 is 0 Å². The third kappa shape index (κ3) is 3.38. The van der Waals surface area contributed by atoms with Crippen LogP contribution in [0, 0.1) is 0 Å². The van der Waals surface area contributed by atoms with Crippen LogP contribution in [0.1, 0.15) is 5.56 Å². The number of hydrogen-bond acceptors (Lipinski definition) is 2. The van der Waals surface area contributed by atoms with Crippen molar-refractivity contribution in [2.45, 2.75) is 6.54 Å². The predicted molar refractivity (Wildman–Crippen MR) is 87.8 cm³/mol. The van der Waals surface area contributed by atoms with Gasteiger partial charge in [0.25, 0.3) is 0 Å². The summed E-state index contributed by atoms with van der Waals surface area (Å²) in [6, 6.07) is 15.7. The third-order valence-corrected chi connectivity index (χ3v) is 3.92. The van der Waals surface area contributed by atoms with Gasteiger partial charge in [-0.15, -0.1) is 0 Å². The van der Waals surface area contributed by atoms with E-state index in [2.05, 4.69) is 15.5 Å². The van der Waals surface area contributed by atoms with E-state index in [1.807, 2.05) is 48.5 Å². The van der Waals surface area contributed by atoms with Crippen LogP contribution in [0.3, 0.4) is 0 Å². The van der Waals surface area contributed by atoms with E-state index in [9.17, 15) is 0 Å². The fourth-order valence-corrected chi connectivity index (χ4v) is 2.36. The minimum Gasteiger partial charge on any atom is -0.381 e. The van der Waals surface area contributed by atoms with E-state index in [0.29, 0.717) is 16.6 Å². The van der Waals surface area contributed by atoms with Crippen LogP contribution in [-0.2, 0) is 6.54 Å². The molecule has 3 nitrogen and oxygen atoms in total. The smallest absolute Gasteiger partial charge is 0.0650 e. The second-order valence-corrected chi connectivity index (χ2v) is 5.46. The number of hydrogen-bond donors (Lipinski definition) is 2. The Balaban J connectivity index is 1.66. The zero-order valence-electron chi connectivity index (χ0n) is 11.1. The standard InChI is InChI=1S/C16H13Cl2N3/c17-14-6-1-11(9-15(14)18)10-19-13-4-2-12(3-5-13)16-7-8-20-21-16/h1-9,19H,10H2,(H,20,21). The first-order valence-corrected chi connectivity index (χ1v) is 7.25. The molecule has 3 rings (SSSR count). The lowest BCUT2D eigenvalue weighted by atomic mass is 10.1. The van der Waals surface area contributed by atoms with Crippen LogP contribution in [0.5, 0.6) is 0 Å². The van der Waals surface area contributed by atoms with Crippen LogP contribution in [0.25, 0.3) is 11.3 Å². The average molecular weight is 318 g/mol. The van der Waals surface area contributed by atoms with Crippen molar-refractivity contribution in [2.75, 3.05) is 5.32 Å². The Kier molecular flexibility index (Phi) is 4.13. The maximum atomic E-state index is 6.00. The van der Waals surface area contributed by atoms with Gasteiger partial charge in [0.1, 0.15) is 0 Å². The lowest BCUT2D eigenvalue weighted by molar-refractivity contribution is 1.09. The maximum absolute atomic E-state index is 6.00. The van der Waals surface area contributed by atoms with Gasteiger partial charge in [-0.25, -0.2) is 0 Å². The number of H-pyrrole nitrogens is 1. The Morgan fingerprint density at radius 1 is 0.952 bits per heavy atom. The molecule has 0 aliphatic carbocycles. The Bertz CT molecular complexity index is 722. The van der Waals surface area contributed by atoms with Gasteiger partial charge in [0, 0.05) is 18.4 Å². The number of benzene rings is 2. The lowest BCUT2D eigenvalue weighted by Gasteiger charge is -2.08. The highest BCUT2D eigenvalue weighted by molar-refractivity contribution is 6.42. The number of aromatic nitrogens is 2. The first kappa shape index (κ1) is 14.0. The Labute approximate surface area is 132 Å². The number of anilines is 1. The van der Waals surface area contributed by atoms with E-state index >= 15 is 0 Å². The molecule has 1 heterocycles. The van der Waals surface area contributed by atoms with E-state index in [1.54, 1.807) is 6.20 Å². The molecule has 0 amide bonds. The first-order chi connectivity index (χ1) is 10.2. The lowest BCUT2D eigenvalue weighted by Crippen LogP contribution is -1.99. The summed E-state index contributed by atoms with van der Waals surface area (Å²) >= 11 is 11.9. The molecule has 2 N–H and O–H groups in total. The van der Waals surface area contributed by atoms with Crippen molar-refractivity contribution < 1.29 is 0 Å². The van der Waals surface area contributed by atoms with Gasteiger partial charge >= 0.3 is 0 Å². The second-order valence-electron chi connectivity index (χ2n) is 4.65. The van der Waals surface area contributed by atoms with E-state index in [0.717, 1.165) is 22.5 Å². The van der Waals surface area contributed by atoms with Crippen molar-refractivity contribution in [2.24, 2.45) is 0 Å². The molecule has 0 spiro atoms. The predicted octanol–water partition coefficient (Wildman–Crippen LogP) is 5.00. The molecule has 0 fully saturated rings. The molecule has 2 aromatic carbocycles. The summed E-state index contributed by atoms with van der Waals surface area (Å²) in [7, 11) is 0. The Morgan fingerprint density at radius 2 is 1.76 bits per heavy atom. The van der Waals surface area contributed by atoms with E-state index in [-0.39, 0.29) is 0 Å². The molecule has 5 heteroatoms. The van der Waals surface area contributed by atoms with Crippen molar-refractivity contribution in [1.29, 1.82) is 0 Å². The minimum absolute atomic E-state index is 0.573. The molecule has 0 bridgehead atoms. The van der Waals surface area contributed by atoms with Gasteiger partial charge < -0.3 is 5.32 Å². The van der Waals surface area contributed by atoms with Crippen molar-refractivity contribution in [3.05, 3.63) is 70.3 Å². The SMILES string of the molecule is Clc1ccc(CNc2ccc(-c3ccn[nH]3)cc2)cc1Cl. The molecular weight excluding hydrogens is 305 g/mol. The van der Waals surface area contributed by atoms with Gasteiger partial charge in [0.2, 0.25) is 0 Å². The highest BCUT2D eigenvalue weighted by atomic mass is 35.5. The largest absolute Gasteiger partial charge is 0.381 e. The fraction of sp³-hybridized carbons (Fsp3) is 0.0625. The molecule has 0 radical (unpaired) electrons. The highest BCUT2D eigenvalue weighted by Crippen LogP contribution is 2.23. The fourth-order valence-electron chi connectivity index (χ4n) is 2.04. The van der Waals surface area contributed by atoms with E-state index in [4.69, 9.17) is 23.2 Å². The van der Waals surface area contributed by atoms with Crippen LogP contribution in [0.15, 0.2) is 54.7 Å². The molecule has 1 aromatic heterocycles. The first-order valence-electron chi connectivity index (χ1n) is 6.50. The Morgan fingerprint density at radius 3 is 2.43 bits per heavy atom. The maximum Gasteiger partial charge on any atom is 0.0650 e. The van der Waals surface area contributed by atoms with Gasteiger partial charge in [-0.05, 0) is 41.5 Å². The second kappa shape index (κ2) is 6.20. The molecule has 0 unspecified atom stereocenters.